The summed E-state index contributed by atoms with van der Waals surface area (Å²) < 4.78 is 10.4. The number of likely N-dealkylation sites (N-methyl/N-ethyl adjacent to an activating group) is 1. The molecule has 1 aromatic rings. The number of aryl methyl sites for hydroxylation is 2. The third-order valence-electron chi connectivity index (χ3n) is 3.28. The van der Waals surface area contributed by atoms with Crippen molar-refractivity contribution in [3.63, 3.8) is 0 Å². The van der Waals surface area contributed by atoms with Crippen molar-refractivity contribution in [1.29, 1.82) is 0 Å². The molecule has 1 rings (SSSR count). The highest BCUT2D eigenvalue weighted by Crippen LogP contribution is 2.20. The first-order valence-electron chi connectivity index (χ1n) is 7.15. The summed E-state index contributed by atoms with van der Waals surface area (Å²) in [5, 5.41) is 3.20. The van der Waals surface area contributed by atoms with E-state index in [0.29, 0.717) is 25.7 Å². The molecule has 0 fully saturated rings. The molecular weight excluding hydrogens is 254 g/mol. The number of hydrogen-bond donors (Lipinski definition) is 1. The zero-order valence-corrected chi connectivity index (χ0v) is 13.3. The van der Waals surface area contributed by atoms with E-state index in [9.17, 15) is 0 Å². The van der Waals surface area contributed by atoms with Crippen LogP contribution in [0.1, 0.15) is 35.6 Å². The average molecular weight is 281 g/mol. The van der Waals surface area contributed by atoms with E-state index in [1.165, 1.54) is 5.56 Å². The monoisotopic (exact) mass is 281 g/mol. The maximum absolute atomic E-state index is 5.46. The van der Waals surface area contributed by atoms with Gasteiger partial charge in [0.05, 0.1) is 19.8 Å². The topological polar surface area (TPSA) is 56.3 Å². The van der Waals surface area contributed by atoms with Crippen LogP contribution in [0.3, 0.4) is 0 Å². The largest absolute Gasteiger partial charge is 0.382 e. The van der Waals surface area contributed by atoms with Gasteiger partial charge in [-0.15, -0.1) is 0 Å². The highest BCUT2D eigenvalue weighted by atomic mass is 16.5. The number of hydrogen-bond acceptors (Lipinski definition) is 5. The fraction of sp³-hybridized carbons (Fsp3) is 0.733. The second kappa shape index (κ2) is 9.00. The predicted octanol–water partition coefficient (Wildman–Crippen LogP) is 1.62. The van der Waals surface area contributed by atoms with Crippen molar-refractivity contribution in [2.75, 3.05) is 40.5 Å². The highest BCUT2D eigenvalue weighted by molar-refractivity contribution is 5.28. The van der Waals surface area contributed by atoms with Gasteiger partial charge in [-0.3, -0.25) is 0 Å². The molecule has 5 heteroatoms. The number of nitrogens with one attached hydrogen (secondary N) is 1. The molecule has 0 aliphatic heterocycles. The lowest BCUT2D eigenvalue weighted by molar-refractivity contribution is 0.0716. The van der Waals surface area contributed by atoms with Gasteiger partial charge in [-0.1, -0.05) is 6.92 Å². The smallest absolute Gasteiger partial charge is 0.131 e. The van der Waals surface area contributed by atoms with Crippen LogP contribution in [0, 0.1) is 13.8 Å². The normalized spacial score (nSPS) is 12.7. The van der Waals surface area contributed by atoms with Gasteiger partial charge < -0.3 is 14.8 Å². The van der Waals surface area contributed by atoms with Crippen LogP contribution in [-0.4, -0.2) is 50.5 Å². The van der Waals surface area contributed by atoms with Gasteiger partial charge in [0.1, 0.15) is 5.82 Å². The molecule has 0 aliphatic carbocycles. The second-order valence-corrected chi connectivity index (χ2v) is 5.04. The third-order valence-corrected chi connectivity index (χ3v) is 3.28. The molecule has 114 valence electrons. The number of ether oxygens (including phenoxy) is 2. The minimum absolute atomic E-state index is 0.423. The SMILES string of the molecule is CNCC(C)c1c(C)nc(CCOCCOC)nc1C. The summed E-state index contributed by atoms with van der Waals surface area (Å²) in [4.78, 5) is 9.21. The molecule has 1 atom stereocenters. The first-order chi connectivity index (χ1) is 9.60. The molecule has 1 N–H and O–H groups in total. The van der Waals surface area contributed by atoms with E-state index >= 15 is 0 Å². The molecule has 0 bridgehead atoms. The molecular formula is C15H27N3O2. The maximum atomic E-state index is 5.46. The summed E-state index contributed by atoms with van der Waals surface area (Å²) in [7, 11) is 3.64. The molecule has 20 heavy (non-hydrogen) atoms. The Morgan fingerprint density at radius 2 is 1.75 bits per heavy atom. The second-order valence-electron chi connectivity index (χ2n) is 5.04. The molecule has 0 aromatic carbocycles. The molecule has 1 aromatic heterocycles. The van der Waals surface area contributed by atoms with E-state index in [0.717, 1.165) is 30.2 Å². The Bertz CT molecular complexity index is 387. The predicted molar refractivity (Wildman–Crippen MR) is 80.2 cm³/mol. The number of nitrogens with zero attached hydrogens (tertiary/aromatic N) is 2. The van der Waals surface area contributed by atoms with E-state index in [4.69, 9.17) is 9.47 Å². The summed E-state index contributed by atoms with van der Waals surface area (Å²) in [6.07, 6.45) is 0.742. The molecule has 0 saturated carbocycles. The van der Waals surface area contributed by atoms with Gasteiger partial charge in [-0.05, 0) is 32.4 Å². The quantitative estimate of drug-likeness (QED) is 0.697. The zero-order valence-electron chi connectivity index (χ0n) is 13.3. The van der Waals surface area contributed by atoms with Crippen LogP contribution in [0.25, 0.3) is 0 Å². The van der Waals surface area contributed by atoms with Crippen molar-refractivity contribution < 1.29 is 9.47 Å². The molecule has 0 spiro atoms. The maximum Gasteiger partial charge on any atom is 0.131 e. The van der Waals surface area contributed by atoms with E-state index in [2.05, 4.69) is 36.1 Å². The van der Waals surface area contributed by atoms with Crippen molar-refractivity contribution in [2.24, 2.45) is 0 Å². The summed E-state index contributed by atoms with van der Waals surface area (Å²) in [6.45, 7) is 9.13. The lowest BCUT2D eigenvalue weighted by atomic mass is 9.98. The number of rotatable bonds is 9. The lowest BCUT2D eigenvalue weighted by Crippen LogP contribution is -2.18. The van der Waals surface area contributed by atoms with Gasteiger partial charge in [0.15, 0.2) is 0 Å². The minimum Gasteiger partial charge on any atom is -0.382 e. The van der Waals surface area contributed by atoms with Crippen molar-refractivity contribution in [3.8, 4) is 0 Å². The van der Waals surface area contributed by atoms with Gasteiger partial charge >= 0.3 is 0 Å². The summed E-state index contributed by atoms with van der Waals surface area (Å²) in [6, 6.07) is 0. The van der Waals surface area contributed by atoms with Crippen molar-refractivity contribution in [3.05, 3.63) is 22.8 Å². The van der Waals surface area contributed by atoms with Crippen LogP contribution in [0.15, 0.2) is 0 Å². The Labute approximate surface area is 122 Å². The standard InChI is InChI=1S/C15H27N3O2/c1-11(10-16-4)15-12(2)17-14(18-13(15)3)6-7-20-9-8-19-5/h11,16H,6-10H2,1-5H3. The minimum atomic E-state index is 0.423. The van der Waals surface area contributed by atoms with Crippen LogP contribution in [0.2, 0.25) is 0 Å². The van der Waals surface area contributed by atoms with Crippen LogP contribution in [0.5, 0.6) is 0 Å². The van der Waals surface area contributed by atoms with Gasteiger partial charge in [0.25, 0.3) is 0 Å². The van der Waals surface area contributed by atoms with Crippen LogP contribution >= 0.6 is 0 Å². The van der Waals surface area contributed by atoms with Gasteiger partial charge in [0.2, 0.25) is 0 Å². The Morgan fingerprint density at radius 3 is 2.30 bits per heavy atom. The van der Waals surface area contributed by atoms with Crippen molar-refractivity contribution >= 4 is 0 Å². The van der Waals surface area contributed by atoms with Crippen LogP contribution in [0.4, 0.5) is 0 Å². The van der Waals surface area contributed by atoms with Gasteiger partial charge in [0, 0.05) is 31.5 Å². The third kappa shape index (κ3) is 5.15. The van der Waals surface area contributed by atoms with E-state index in [1.54, 1.807) is 7.11 Å². The van der Waals surface area contributed by atoms with Crippen molar-refractivity contribution in [2.45, 2.75) is 33.1 Å². The fourth-order valence-electron chi connectivity index (χ4n) is 2.44. The lowest BCUT2D eigenvalue weighted by Gasteiger charge is -2.17. The molecule has 0 amide bonds. The van der Waals surface area contributed by atoms with E-state index in [-0.39, 0.29) is 0 Å². The first-order valence-corrected chi connectivity index (χ1v) is 7.15. The zero-order chi connectivity index (χ0) is 15.0. The molecule has 1 heterocycles. The summed E-state index contributed by atoms with van der Waals surface area (Å²) >= 11 is 0. The van der Waals surface area contributed by atoms with E-state index in [1.807, 2.05) is 7.05 Å². The molecule has 0 radical (unpaired) electrons. The van der Waals surface area contributed by atoms with E-state index < -0.39 is 0 Å². The van der Waals surface area contributed by atoms with Crippen molar-refractivity contribution in [1.82, 2.24) is 15.3 Å². The number of aromatic nitrogens is 2. The molecule has 1 unspecified atom stereocenters. The van der Waals surface area contributed by atoms with Gasteiger partial charge in [-0.25, -0.2) is 9.97 Å². The Balaban J connectivity index is 2.63. The average Bonchev–Trinajstić information content (AvgIpc) is 2.38. The molecule has 5 nitrogen and oxygen atoms in total. The summed E-state index contributed by atoms with van der Waals surface area (Å²) in [5.74, 6) is 1.28. The van der Waals surface area contributed by atoms with Crippen LogP contribution < -0.4 is 5.32 Å². The Morgan fingerprint density at radius 1 is 1.10 bits per heavy atom. The van der Waals surface area contributed by atoms with Crippen LogP contribution in [-0.2, 0) is 15.9 Å². The van der Waals surface area contributed by atoms with Gasteiger partial charge in [-0.2, -0.15) is 0 Å². The Kier molecular flexibility index (Phi) is 7.65. The highest BCUT2D eigenvalue weighted by Gasteiger charge is 2.14. The Hall–Kier alpha value is -1.04. The summed E-state index contributed by atoms with van der Waals surface area (Å²) in [5.41, 5.74) is 3.41. The first kappa shape index (κ1) is 17.0. The molecule has 0 saturated heterocycles. The molecule has 0 aliphatic rings. The number of methoxy groups -OCH3 is 1. The fourth-order valence-corrected chi connectivity index (χ4v) is 2.44.